The average molecular weight is 785 g/mol. The van der Waals surface area contributed by atoms with Crippen LogP contribution in [0.1, 0.15) is 24.5 Å². The highest BCUT2D eigenvalue weighted by Gasteiger charge is 2.25. The molecular formula is C55H36N4O2. The van der Waals surface area contributed by atoms with Crippen LogP contribution < -0.4 is 0 Å². The van der Waals surface area contributed by atoms with E-state index in [1.807, 2.05) is 24.3 Å². The molecule has 0 bridgehead atoms. The SMILES string of the molecule is CC1C/C=C(\c2cccc3c2oc2ccccc23)N=C(n2c3ccccc3c3c4c5ccccc5n(-c5ccccc5)c4ccc32)N=C1c1ccc2c(c1)oc1ccccc12. The summed E-state index contributed by atoms with van der Waals surface area (Å²) in [4.78, 5) is 11.3. The number of furan rings is 2. The molecule has 1 aliphatic rings. The Hall–Kier alpha value is -7.96. The van der Waals surface area contributed by atoms with Crippen LogP contribution in [0.3, 0.4) is 0 Å². The lowest BCUT2D eigenvalue weighted by Crippen LogP contribution is -2.20. The molecule has 0 fully saturated rings. The molecule has 1 unspecified atom stereocenters. The van der Waals surface area contributed by atoms with E-state index in [1.54, 1.807) is 0 Å². The Bertz CT molecular complexity index is 3870. The predicted molar refractivity (Wildman–Crippen MR) is 252 cm³/mol. The van der Waals surface area contributed by atoms with Crippen molar-refractivity contribution in [3.8, 4) is 5.69 Å². The fourth-order valence-corrected chi connectivity index (χ4v) is 9.84. The molecule has 0 aliphatic carbocycles. The lowest BCUT2D eigenvalue weighted by atomic mass is 9.93. The second-order valence-corrected chi connectivity index (χ2v) is 16.1. The van der Waals surface area contributed by atoms with E-state index in [2.05, 4.69) is 174 Å². The van der Waals surface area contributed by atoms with E-state index in [0.29, 0.717) is 5.96 Å². The van der Waals surface area contributed by atoms with Crippen molar-refractivity contribution >= 4 is 105 Å². The van der Waals surface area contributed by atoms with Crippen molar-refractivity contribution in [2.75, 3.05) is 0 Å². The first-order chi connectivity index (χ1) is 30.2. The molecule has 1 atom stereocenters. The van der Waals surface area contributed by atoms with Gasteiger partial charge in [-0.15, -0.1) is 0 Å². The number of nitrogens with zero attached hydrogens (tertiary/aromatic N) is 4. The minimum atomic E-state index is 0.0425. The van der Waals surface area contributed by atoms with Crippen molar-refractivity contribution in [3.63, 3.8) is 0 Å². The summed E-state index contributed by atoms with van der Waals surface area (Å²) in [6, 6.07) is 61.9. The van der Waals surface area contributed by atoms with Gasteiger partial charge in [-0.2, -0.15) is 0 Å². The molecule has 0 saturated carbocycles. The zero-order valence-electron chi connectivity index (χ0n) is 33.2. The van der Waals surface area contributed by atoms with Gasteiger partial charge < -0.3 is 13.4 Å². The van der Waals surface area contributed by atoms with Crippen molar-refractivity contribution in [2.24, 2.45) is 15.9 Å². The van der Waals surface area contributed by atoms with Crippen LogP contribution in [0.4, 0.5) is 0 Å². The van der Waals surface area contributed by atoms with Gasteiger partial charge in [0.15, 0.2) is 0 Å². The van der Waals surface area contributed by atoms with Crippen LogP contribution in [-0.2, 0) is 0 Å². The summed E-state index contributed by atoms with van der Waals surface area (Å²) in [7, 11) is 0. The van der Waals surface area contributed by atoms with Crippen LogP contribution in [0.5, 0.6) is 0 Å². The highest BCUT2D eigenvalue weighted by atomic mass is 16.3. The molecule has 0 amide bonds. The van der Waals surface area contributed by atoms with Crippen molar-refractivity contribution in [1.29, 1.82) is 0 Å². The van der Waals surface area contributed by atoms with Crippen molar-refractivity contribution < 1.29 is 8.83 Å². The van der Waals surface area contributed by atoms with Crippen LogP contribution in [0.25, 0.3) is 98.9 Å². The Labute approximate surface area is 349 Å². The zero-order chi connectivity index (χ0) is 40.2. The van der Waals surface area contributed by atoms with Crippen molar-refractivity contribution in [2.45, 2.75) is 13.3 Å². The van der Waals surface area contributed by atoms with Gasteiger partial charge in [0.25, 0.3) is 0 Å². The van der Waals surface area contributed by atoms with Crippen LogP contribution in [0.15, 0.2) is 201 Å². The quantitative estimate of drug-likeness (QED) is 0.179. The molecule has 0 radical (unpaired) electrons. The van der Waals surface area contributed by atoms with Crippen molar-refractivity contribution in [3.05, 3.63) is 193 Å². The summed E-state index contributed by atoms with van der Waals surface area (Å²) in [6.45, 7) is 2.26. The maximum Gasteiger partial charge on any atom is 0.235 e. The largest absolute Gasteiger partial charge is 0.456 e. The first-order valence-electron chi connectivity index (χ1n) is 20.9. The van der Waals surface area contributed by atoms with Gasteiger partial charge in [-0.25, -0.2) is 9.98 Å². The number of benzene rings is 8. The molecule has 6 nitrogen and oxygen atoms in total. The second kappa shape index (κ2) is 13.0. The van der Waals surface area contributed by atoms with Crippen LogP contribution in [0, 0.1) is 5.92 Å². The van der Waals surface area contributed by atoms with Gasteiger partial charge in [0.05, 0.1) is 33.5 Å². The molecule has 288 valence electrons. The Kier molecular flexibility index (Phi) is 7.25. The van der Waals surface area contributed by atoms with E-state index < -0.39 is 0 Å². The average Bonchev–Trinajstić information content (AvgIpc) is 4.06. The van der Waals surface area contributed by atoms with E-state index in [9.17, 15) is 0 Å². The van der Waals surface area contributed by atoms with Crippen molar-refractivity contribution in [1.82, 2.24) is 9.13 Å². The Morgan fingerprint density at radius 2 is 1.07 bits per heavy atom. The summed E-state index contributed by atoms with van der Waals surface area (Å²) in [5.74, 6) is 0.629. The predicted octanol–water partition coefficient (Wildman–Crippen LogP) is 14.5. The van der Waals surface area contributed by atoms with E-state index >= 15 is 0 Å². The number of fused-ring (bicyclic) bond motifs is 13. The van der Waals surface area contributed by atoms with Gasteiger partial charge in [-0.3, -0.25) is 4.57 Å². The summed E-state index contributed by atoms with van der Waals surface area (Å²) in [5, 5.41) is 9.07. The van der Waals surface area contributed by atoms with Crippen LogP contribution in [-0.4, -0.2) is 20.8 Å². The number of hydrogen-bond donors (Lipinski definition) is 0. The van der Waals surface area contributed by atoms with Gasteiger partial charge >= 0.3 is 0 Å². The molecule has 12 aromatic rings. The molecular weight excluding hydrogens is 749 g/mol. The smallest absolute Gasteiger partial charge is 0.235 e. The molecule has 1 aliphatic heterocycles. The third-order valence-corrected chi connectivity index (χ3v) is 12.6. The van der Waals surface area contributed by atoms with E-state index in [0.717, 1.165) is 106 Å². The summed E-state index contributed by atoms with van der Waals surface area (Å²) < 4.78 is 17.7. The number of allylic oxidation sites excluding steroid dienone is 1. The Morgan fingerprint density at radius 1 is 0.475 bits per heavy atom. The highest BCUT2D eigenvalue weighted by molar-refractivity contribution is 6.30. The molecule has 61 heavy (non-hydrogen) atoms. The third kappa shape index (κ3) is 5.02. The highest BCUT2D eigenvalue weighted by Crippen LogP contribution is 2.42. The van der Waals surface area contributed by atoms with Gasteiger partial charge in [-0.05, 0) is 73.2 Å². The summed E-state index contributed by atoms with van der Waals surface area (Å²) in [5.41, 5.74) is 12.6. The fourth-order valence-electron chi connectivity index (χ4n) is 9.84. The number of aromatic nitrogens is 2. The lowest BCUT2D eigenvalue weighted by Gasteiger charge is -2.19. The standard InChI is InChI=1S/C55H36N4O2/c1-33-26-29-43(40-21-13-20-39-37-17-8-12-25-49(37)61-54(39)40)56-55(57-53(33)34-27-28-38-36-16-7-11-24-48(36)60-50(38)32-34)59-45-23-10-6-19-42(45)52-47(59)31-30-46-51(52)41-18-5-9-22-44(41)58(46)35-14-3-2-4-15-35/h2-25,27-33H,26H2,1H3/b43-29+,56-55?,57-53?. The zero-order valence-corrected chi connectivity index (χ0v) is 33.2. The minimum absolute atomic E-state index is 0.0425. The normalized spacial score (nSPS) is 15.9. The maximum atomic E-state index is 6.62. The molecule has 0 N–H and O–H groups in total. The molecule has 0 saturated heterocycles. The first kappa shape index (κ1) is 34.0. The second-order valence-electron chi connectivity index (χ2n) is 16.1. The molecule has 8 aromatic carbocycles. The molecule has 5 heterocycles. The number of para-hydroxylation sites is 6. The summed E-state index contributed by atoms with van der Waals surface area (Å²) >= 11 is 0. The van der Waals surface area contributed by atoms with E-state index in [4.69, 9.17) is 18.8 Å². The van der Waals surface area contributed by atoms with Gasteiger partial charge in [-0.1, -0.05) is 122 Å². The number of aliphatic imine (C=N–C) groups is 2. The monoisotopic (exact) mass is 784 g/mol. The van der Waals surface area contributed by atoms with Crippen LogP contribution in [0.2, 0.25) is 0 Å². The maximum absolute atomic E-state index is 6.62. The number of rotatable bonds is 3. The van der Waals surface area contributed by atoms with Crippen LogP contribution >= 0.6 is 0 Å². The topological polar surface area (TPSA) is 60.9 Å². The van der Waals surface area contributed by atoms with Gasteiger partial charge in [0, 0.05) is 65.8 Å². The molecule has 0 spiro atoms. The molecule has 6 heteroatoms. The van der Waals surface area contributed by atoms with E-state index in [-0.39, 0.29) is 5.92 Å². The summed E-state index contributed by atoms with van der Waals surface area (Å²) in [6.07, 6.45) is 2.99. The minimum Gasteiger partial charge on any atom is -0.456 e. The Balaban J connectivity index is 1.11. The molecule has 4 aromatic heterocycles. The van der Waals surface area contributed by atoms with E-state index in [1.165, 1.54) is 16.2 Å². The third-order valence-electron chi connectivity index (χ3n) is 12.6. The Morgan fingerprint density at radius 3 is 1.82 bits per heavy atom. The van der Waals surface area contributed by atoms with Gasteiger partial charge in [0.2, 0.25) is 5.96 Å². The molecule has 13 rings (SSSR count). The number of hydrogen-bond acceptors (Lipinski definition) is 4. The van der Waals surface area contributed by atoms with Gasteiger partial charge in [0.1, 0.15) is 22.3 Å². The fraction of sp³-hybridized carbons (Fsp3) is 0.0545. The first-order valence-corrected chi connectivity index (χ1v) is 20.9. The lowest BCUT2D eigenvalue weighted by molar-refractivity contribution is 0.667.